The molecule has 0 radical (unpaired) electrons. The maximum Gasteiger partial charge on any atom is 0.333 e. The van der Waals surface area contributed by atoms with Gasteiger partial charge in [-0.25, -0.2) is 4.79 Å². The van der Waals surface area contributed by atoms with Gasteiger partial charge in [0.1, 0.15) is 6.61 Å². The van der Waals surface area contributed by atoms with E-state index in [-0.39, 0.29) is 12.6 Å². The molecule has 4 heteroatoms. The Morgan fingerprint density at radius 2 is 2.17 bits per heavy atom. The van der Waals surface area contributed by atoms with Gasteiger partial charge in [-0.1, -0.05) is 6.58 Å². The van der Waals surface area contributed by atoms with Crippen LogP contribution in [0.4, 0.5) is 0 Å². The van der Waals surface area contributed by atoms with Gasteiger partial charge in [-0.2, -0.15) is 0 Å². The smallest absolute Gasteiger partial charge is 0.333 e. The van der Waals surface area contributed by atoms with E-state index in [4.69, 9.17) is 10.5 Å². The molecule has 12 heavy (non-hydrogen) atoms. The molecule has 0 aromatic carbocycles. The molecular formula is C8H14N2O2. The summed E-state index contributed by atoms with van der Waals surface area (Å²) in [6, 6.07) is 0. The highest BCUT2D eigenvalue weighted by Gasteiger charge is 2.00. The van der Waals surface area contributed by atoms with Crippen LogP contribution in [0.2, 0.25) is 0 Å². The van der Waals surface area contributed by atoms with Crippen LogP contribution in [0.3, 0.4) is 0 Å². The summed E-state index contributed by atoms with van der Waals surface area (Å²) in [5.41, 5.74) is 5.65. The molecule has 2 N–H and O–H groups in total. The quantitative estimate of drug-likeness (QED) is 0.219. The summed E-state index contributed by atoms with van der Waals surface area (Å²) < 4.78 is 4.75. The third-order valence-corrected chi connectivity index (χ3v) is 1.03. The Labute approximate surface area is 72.1 Å². The van der Waals surface area contributed by atoms with Crippen LogP contribution in [0.15, 0.2) is 17.1 Å². The van der Waals surface area contributed by atoms with Gasteiger partial charge in [0.25, 0.3) is 0 Å². The van der Waals surface area contributed by atoms with Crippen LogP contribution in [0.5, 0.6) is 0 Å². The van der Waals surface area contributed by atoms with Crippen molar-refractivity contribution in [1.82, 2.24) is 0 Å². The Morgan fingerprint density at radius 3 is 2.58 bits per heavy atom. The van der Waals surface area contributed by atoms with Crippen molar-refractivity contribution in [3.05, 3.63) is 12.2 Å². The van der Waals surface area contributed by atoms with E-state index < -0.39 is 0 Å². The van der Waals surface area contributed by atoms with Gasteiger partial charge < -0.3 is 10.5 Å². The number of carbonyl (C=O) groups is 1. The van der Waals surface area contributed by atoms with E-state index in [9.17, 15) is 4.79 Å². The van der Waals surface area contributed by atoms with Crippen LogP contribution in [0, 0.1) is 0 Å². The third-order valence-electron chi connectivity index (χ3n) is 1.03. The van der Waals surface area contributed by atoms with E-state index >= 15 is 0 Å². The number of nitrogens with two attached hydrogens (primary N) is 1. The van der Waals surface area contributed by atoms with Crippen LogP contribution in [-0.4, -0.2) is 25.0 Å². The second-order valence-corrected chi connectivity index (χ2v) is 2.44. The Kier molecular flexibility index (Phi) is 4.76. The lowest BCUT2D eigenvalue weighted by Gasteiger charge is -2.00. The molecule has 0 aliphatic heterocycles. The number of ether oxygens (including phenoxy) is 1. The predicted octanol–water partition coefficient (Wildman–Crippen LogP) is 0.483. The highest BCUT2D eigenvalue weighted by atomic mass is 16.5. The fourth-order valence-electron chi connectivity index (χ4n) is 0.484. The van der Waals surface area contributed by atoms with Crippen molar-refractivity contribution < 1.29 is 9.53 Å². The molecule has 0 amide bonds. The second-order valence-electron chi connectivity index (χ2n) is 2.44. The fraction of sp³-hybridized carbons (Fsp3) is 0.500. The maximum absolute atomic E-state index is 10.8. The fourth-order valence-corrected chi connectivity index (χ4v) is 0.484. The van der Waals surface area contributed by atoms with E-state index in [2.05, 4.69) is 11.6 Å². The molecule has 0 bridgehead atoms. The average molecular weight is 170 g/mol. The molecule has 68 valence electrons. The van der Waals surface area contributed by atoms with Gasteiger partial charge in [0, 0.05) is 5.57 Å². The predicted molar refractivity (Wildman–Crippen MR) is 47.9 cm³/mol. The molecule has 0 aliphatic carbocycles. The number of amidine groups is 1. The lowest BCUT2D eigenvalue weighted by Crippen LogP contribution is -2.11. The molecule has 0 aromatic heterocycles. The number of rotatable bonds is 4. The topological polar surface area (TPSA) is 64.7 Å². The first kappa shape index (κ1) is 10.7. The molecule has 0 heterocycles. The molecule has 0 atom stereocenters. The Hall–Kier alpha value is -1.32. The Bertz CT molecular complexity index is 205. The molecule has 4 nitrogen and oxygen atoms in total. The van der Waals surface area contributed by atoms with Crippen molar-refractivity contribution in [2.45, 2.75) is 13.8 Å². The van der Waals surface area contributed by atoms with Gasteiger partial charge >= 0.3 is 5.97 Å². The van der Waals surface area contributed by atoms with Crippen LogP contribution < -0.4 is 5.73 Å². The minimum atomic E-state index is -0.389. The number of carbonyl (C=O) groups excluding carboxylic acids is 1. The van der Waals surface area contributed by atoms with E-state index in [1.165, 1.54) is 0 Å². The second kappa shape index (κ2) is 5.35. The Balaban J connectivity index is 3.51. The zero-order valence-corrected chi connectivity index (χ0v) is 7.46. The number of hydrogen-bond acceptors (Lipinski definition) is 3. The first-order valence-electron chi connectivity index (χ1n) is 3.63. The van der Waals surface area contributed by atoms with Crippen LogP contribution >= 0.6 is 0 Å². The molecular weight excluding hydrogens is 156 g/mol. The monoisotopic (exact) mass is 170 g/mol. The normalized spacial score (nSPS) is 11.0. The van der Waals surface area contributed by atoms with Crippen LogP contribution in [-0.2, 0) is 9.53 Å². The molecule has 0 saturated heterocycles. The first-order chi connectivity index (χ1) is 5.54. The summed E-state index contributed by atoms with van der Waals surface area (Å²) in [7, 11) is 0. The van der Waals surface area contributed by atoms with Gasteiger partial charge in [-0.05, 0) is 13.8 Å². The van der Waals surface area contributed by atoms with E-state index in [1.807, 2.05) is 0 Å². The molecule has 0 fully saturated rings. The summed E-state index contributed by atoms with van der Waals surface area (Å²) in [5, 5.41) is 0. The number of esters is 1. The lowest BCUT2D eigenvalue weighted by atomic mass is 10.4. The van der Waals surface area contributed by atoms with Crippen molar-refractivity contribution >= 4 is 11.8 Å². The molecule has 0 saturated carbocycles. The summed E-state index contributed by atoms with van der Waals surface area (Å²) in [6.45, 7) is 7.37. The van der Waals surface area contributed by atoms with Gasteiger partial charge in [0.2, 0.25) is 0 Å². The highest BCUT2D eigenvalue weighted by Crippen LogP contribution is 1.91. The summed E-state index contributed by atoms with van der Waals surface area (Å²) in [5.74, 6) is 0.0984. The number of hydrogen-bond donors (Lipinski definition) is 1. The molecule has 0 unspecified atom stereocenters. The molecule has 0 aliphatic rings. The first-order valence-corrected chi connectivity index (χ1v) is 3.63. The zero-order valence-electron chi connectivity index (χ0n) is 7.46. The molecule has 0 rings (SSSR count). The Morgan fingerprint density at radius 1 is 1.58 bits per heavy atom. The summed E-state index contributed by atoms with van der Waals surface area (Å²) >= 11 is 0. The standard InChI is InChI=1S/C8H14N2O2/c1-6(2)8(11)12-5-4-10-7(3)9/h1,4-5H2,2-3H3,(H2,9,10). The van der Waals surface area contributed by atoms with E-state index in [1.54, 1.807) is 13.8 Å². The average Bonchev–Trinajstić information content (AvgIpc) is 1.97. The van der Waals surface area contributed by atoms with Gasteiger partial charge in [0.05, 0.1) is 12.4 Å². The highest BCUT2D eigenvalue weighted by molar-refractivity contribution is 5.86. The van der Waals surface area contributed by atoms with E-state index in [0.717, 1.165) is 0 Å². The van der Waals surface area contributed by atoms with Crippen molar-refractivity contribution in [2.75, 3.05) is 13.2 Å². The van der Waals surface area contributed by atoms with Crippen LogP contribution in [0.1, 0.15) is 13.8 Å². The van der Waals surface area contributed by atoms with Gasteiger partial charge in [-0.3, -0.25) is 4.99 Å². The number of nitrogens with zero attached hydrogens (tertiary/aromatic N) is 1. The van der Waals surface area contributed by atoms with Crippen molar-refractivity contribution in [2.24, 2.45) is 10.7 Å². The van der Waals surface area contributed by atoms with E-state index in [0.29, 0.717) is 18.0 Å². The zero-order chi connectivity index (χ0) is 9.56. The molecule has 0 spiro atoms. The summed E-state index contributed by atoms with van der Waals surface area (Å²) in [6.07, 6.45) is 0. The largest absolute Gasteiger partial charge is 0.460 e. The van der Waals surface area contributed by atoms with Crippen molar-refractivity contribution in [3.8, 4) is 0 Å². The SMILES string of the molecule is C=C(C)C(=O)OCCN=C(C)N. The maximum atomic E-state index is 10.8. The van der Waals surface area contributed by atoms with Gasteiger partial charge in [-0.15, -0.1) is 0 Å². The van der Waals surface area contributed by atoms with Crippen molar-refractivity contribution in [1.29, 1.82) is 0 Å². The van der Waals surface area contributed by atoms with Crippen LogP contribution in [0.25, 0.3) is 0 Å². The minimum absolute atomic E-state index is 0.250. The molecule has 0 aromatic rings. The minimum Gasteiger partial charge on any atom is -0.460 e. The van der Waals surface area contributed by atoms with Gasteiger partial charge in [0.15, 0.2) is 0 Å². The number of aliphatic imine (C=N–C) groups is 1. The van der Waals surface area contributed by atoms with Crippen molar-refractivity contribution in [3.63, 3.8) is 0 Å². The third kappa shape index (κ3) is 5.46. The summed E-state index contributed by atoms with van der Waals surface area (Å²) in [4.78, 5) is 14.6. The lowest BCUT2D eigenvalue weighted by molar-refractivity contribution is -0.138.